The smallest absolute Gasteiger partial charge is 0.328 e. The van der Waals surface area contributed by atoms with Crippen LogP contribution in [0.2, 0.25) is 0 Å². The zero-order chi connectivity index (χ0) is 19.3. The molecule has 5 nitrogen and oxygen atoms in total. The summed E-state index contributed by atoms with van der Waals surface area (Å²) in [4.78, 5) is 24.7. The van der Waals surface area contributed by atoms with Crippen molar-refractivity contribution in [3.8, 4) is 5.75 Å². The third-order valence-corrected chi connectivity index (χ3v) is 4.04. The number of hydrogen-bond acceptors (Lipinski definition) is 4. The molecule has 1 amide bonds. The zero-order valence-corrected chi connectivity index (χ0v) is 16.2. The highest BCUT2D eigenvalue weighted by atomic mass is 16.5. The van der Waals surface area contributed by atoms with Crippen LogP contribution in [0.4, 0.5) is 0 Å². The van der Waals surface area contributed by atoms with Gasteiger partial charge >= 0.3 is 5.97 Å². The van der Waals surface area contributed by atoms with E-state index in [-0.39, 0.29) is 17.1 Å². The van der Waals surface area contributed by atoms with Gasteiger partial charge in [-0.25, -0.2) is 4.79 Å². The highest BCUT2D eigenvalue weighted by Gasteiger charge is 2.35. The van der Waals surface area contributed by atoms with E-state index in [4.69, 9.17) is 4.74 Å². The second-order valence-electron chi connectivity index (χ2n) is 8.38. The van der Waals surface area contributed by atoms with Gasteiger partial charge in [0.2, 0.25) is 5.91 Å². The van der Waals surface area contributed by atoms with E-state index in [0.717, 1.165) is 5.56 Å². The molecule has 0 saturated carbocycles. The molecule has 5 heteroatoms. The summed E-state index contributed by atoms with van der Waals surface area (Å²) in [5.74, 6) is -0.396. The van der Waals surface area contributed by atoms with Crippen LogP contribution in [0.15, 0.2) is 24.3 Å². The van der Waals surface area contributed by atoms with Gasteiger partial charge in [-0.3, -0.25) is 4.79 Å². The molecule has 2 N–H and O–H groups in total. The molecule has 0 aromatic heterocycles. The van der Waals surface area contributed by atoms with Crippen LogP contribution in [0.3, 0.4) is 0 Å². The number of carbonyl (C=O) groups is 2. The lowest BCUT2D eigenvalue weighted by atomic mass is 9.75. The Balaban J connectivity index is 2.77. The molecule has 1 unspecified atom stereocenters. The minimum Gasteiger partial charge on any atom is -0.508 e. The molecular formula is C20H31NO4. The molecule has 1 aromatic carbocycles. The van der Waals surface area contributed by atoms with Gasteiger partial charge < -0.3 is 15.2 Å². The Bertz CT molecular complexity index is 585. The summed E-state index contributed by atoms with van der Waals surface area (Å²) in [5, 5.41) is 12.2. The van der Waals surface area contributed by atoms with Crippen LogP contribution in [-0.4, -0.2) is 30.1 Å². The number of ether oxygens (including phenoxy) is 1. The Hall–Kier alpha value is -2.04. The van der Waals surface area contributed by atoms with E-state index in [1.54, 1.807) is 24.3 Å². The SMILES string of the molecule is COC(=O)C(CCc1ccc(O)cc1)NC(=O)C(C)(C)CC(C)(C)C. The summed E-state index contributed by atoms with van der Waals surface area (Å²) in [6, 6.07) is 6.12. The fourth-order valence-electron chi connectivity index (χ4n) is 3.12. The van der Waals surface area contributed by atoms with Gasteiger partial charge in [-0.1, -0.05) is 46.8 Å². The van der Waals surface area contributed by atoms with Crippen LogP contribution in [0.5, 0.6) is 5.75 Å². The normalized spacial score (nSPS) is 13.2. The Labute approximate surface area is 150 Å². The molecule has 0 bridgehead atoms. The number of aromatic hydroxyl groups is 1. The maximum absolute atomic E-state index is 12.7. The molecule has 1 rings (SSSR count). The number of esters is 1. The molecule has 0 radical (unpaired) electrons. The van der Waals surface area contributed by atoms with Crippen molar-refractivity contribution in [1.29, 1.82) is 0 Å². The molecule has 0 aliphatic heterocycles. The van der Waals surface area contributed by atoms with E-state index in [2.05, 4.69) is 26.1 Å². The summed E-state index contributed by atoms with van der Waals surface area (Å²) in [6.45, 7) is 10.0. The minimum absolute atomic E-state index is 0.00758. The van der Waals surface area contributed by atoms with Crippen molar-refractivity contribution in [2.24, 2.45) is 10.8 Å². The Morgan fingerprint density at radius 1 is 1.12 bits per heavy atom. The van der Waals surface area contributed by atoms with Gasteiger partial charge in [0.25, 0.3) is 0 Å². The molecule has 25 heavy (non-hydrogen) atoms. The second kappa shape index (κ2) is 8.37. The zero-order valence-electron chi connectivity index (χ0n) is 16.2. The van der Waals surface area contributed by atoms with Crippen molar-refractivity contribution in [2.45, 2.75) is 59.9 Å². The third kappa shape index (κ3) is 7.16. The second-order valence-corrected chi connectivity index (χ2v) is 8.38. The Morgan fingerprint density at radius 2 is 1.68 bits per heavy atom. The van der Waals surface area contributed by atoms with Gasteiger partial charge in [0.15, 0.2) is 0 Å². The lowest BCUT2D eigenvalue weighted by molar-refractivity contribution is -0.146. The van der Waals surface area contributed by atoms with E-state index in [1.807, 2.05) is 13.8 Å². The highest BCUT2D eigenvalue weighted by molar-refractivity contribution is 5.87. The number of carbonyl (C=O) groups excluding carboxylic acids is 2. The van der Waals surface area contributed by atoms with Crippen molar-refractivity contribution < 1.29 is 19.4 Å². The maximum atomic E-state index is 12.7. The van der Waals surface area contributed by atoms with Crippen molar-refractivity contribution in [2.75, 3.05) is 7.11 Å². The molecule has 0 spiro atoms. The molecular weight excluding hydrogens is 318 g/mol. The number of amides is 1. The number of methoxy groups -OCH3 is 1. The van der Waals surface area contributed by atoms with E-state index in [9.17, 15) is 14.7 Å². The monoisotopic (exact) mass is 349 g/mol. The number of phenols is 1. The lowest BCUT2D eigenvalue weighted by Crippen LogP contribution is -2.48. The number of benzene rings is 1. The fraction of sp³-hybridized carbons (Fsp3) is 0.600. The van der Waals surface area contributed by atoms with Crippen molar-refractivity contribution in [3.63, 3.8) is 0 Å². The number of aryl methyl sites for hydroxylation is 1. The number of nitrogens with one attached hydrogen (secondary N) is 1. The standard InChI is InChI=1S/C20H31NO4/c1-19(2,3)13-20(4,5)18(24)21-16(17(23)25-6)12-9-14-7-10-15(22)11-8-14/h7-8,10-11,16,22H,9,12-13H2,1-6H3,(H,21,24). The van der Waals surface area contributed by atoms with Crippen LogP contribution in [0.25, 0.3) is 0 Å². The quantitative estimate of drug-likeness (QED) is 0.739. The Morgan fingerprint density at radius 3 is 2.16 bits per heavy atom. The summed E-state index contributed by atoms with van der Waals surface area (Å²) >= 11 is 0. The van der Waals surface area contributed by atoms with E-state index in [1.165, 1.54) is 7.11 Å². The van der Waals surface area contributed by atoms with Crippen LogP contribution in [-0.2, 0) is 20.7 Å². The predicted octanol–water partition coefficient (Wildman–Crippen LogP) is 3.45. The van der Waals surface area contributed by atoms with Gasteiger partial charge in [-0.15, -0.1) is 0 Å². The topological polar surface area (TPSA) is 75.6 Å². The Kier molecular flexibility index (Phi) is 7.03. The first-order chi connectivity index (χ1) is 11.4. The van der Waals surface area contributed by atoms with Crippen LogP contribution in [0, 0.1) is 10.8 Å². The molecule has 0 aliphatic rings. The first-order valence-electron chi connectivity index (χ1n) is 8.61. The third-order valence-electron chi connectivity index (χ3n) is 4.04. The molecule has 140 valence electrons. The largest absolute Gasteiger partial charge is 0.508 e. The summed E-state index contributed by atoms with van der Waals surface area (Å²) in [6.07, 6.45) is 1.74. The number of rotatable bonds is 7. The summed E-state index contributed by atoms with van der Waals surface area (Å²) in [5.41, 5.74) is 0.409. The van der Waals surface area contributed by atoms with E-state index < -0.39 is 17.4 Å². The van der Waals surface area contributed by atoms with E-state index in [0.29, 0.717) is 19.3 Å². The van der Waals surface area contributed by atoms with Crippen molar-refractivity contribution in [1.82, 2.24) is 5.32 Å². The molecule has 1 atom stereocenters. The van der Waals surface area contributed by atoms with Crippen LogP contribution < -0.4 is 5.32 Å². The first kappa shape index (κ1) is 21.0. The number of phenolic OH excluding ortho intramolecular Hbond substituents is 1. The van der Waals surface area contributed by atoms with Gasteiger partial charge in [0.1, 0.15) is 11.8 Å². The van der Waals surface area contributed by atoms with Gasteiger partial charge in [-0.05, 0) is 42.4 Å². The summed E-state index contributed by atoms with van der Waals surface area (Å²) in [7, 11) is 1.32. The van der Waals surface area contributed by atoms with Crippen LogP contribution >= 0.6 is 0 Å². The van der Waals surface area contributed by atoms with Crippen molar-refractivity contribution >= 4 is 11.9 Å². The van der Waals surface area contributed by atoms with Gasteiger partial charge in [0.05, 0.1) is 7.11 Å². The van der Waals surface area contributed by atoms with Crippen molar-refractivity contribution in [3.05, 3.63) is 29.8 Å². The molecule has 0 aliphatic carbocycles. The lowest BCUT2D eigenvalue weighted by Gasteiger charge is -2.32. The molecule has 1 aromatic rings. The molecule has 0 heterocycles. The fourth-order valence-corrected chi connectivity index (χ4v) is 3.12. The minimum atomic E-state index is -0.689. The average Bonchev–Trinajstić information content (AvgIpc) is 2.49. The van der Waals surface area contributed by atoms with Crippen LogP contribution in [0.1, 0.15) is 53.0 Å². The van der Waals surface area contributed by atoms with Gasteiger partial charge in [-0.2, -0.15) is 0 Å². The first-order valence-corrected chi connectivity index (χ1v) is 8.61. The van der Waals surface area contributed by atoms with E-state index >= 15 is 0 Å². The maximum Gasteiger partial charge on any atom is 0.328 e. The average molecular weight is 349 g/mol. The van der Waals surface area contributed by atoms with Gasteiger partial charge in [0, 0.05) is 5.41 Å². The number of hydrogen-bond donors (Lipinski definition) is 2. The highest BCUT2D eigenvalue weighted by Crippen LogP contribution is 2.33. The predicted molar refractivity (Wildman–Crippen MR) is 98.2 cm³/mol. The molecule has 0 fully saturated rings. The summed E-state index contributed by atoms with van der Waals surface area (Å²) < 4.78 is 4.84. The molecule has 0 saturated heterocycles.